The first kappa shape index (κ1) is 29.6. The van der Waals surface area contributed by atoms with E-state index in [-0.39, 0.29) is 17.1 Å². The quantitative estimate of drug-likeness (QED) is 0.250. The molecule has 2 aliphatic rings. The molecule has 1 aliphatic carbocycles. The fraction of sp³-hybridized carbons (Fsp3) is 0.719. The van der Waals surface area contributed by atoms with E-state index in [4.69, 9.17) is 9.84 Å². The van der Waals surface area contributed by atoms with Gasteiger partial charge in [-0.15, -0.1) is 0 Å². The minimum atomic E-state index is -0.697. The summed E-state index contributed by atoms with van der Waals surface area (Å²) in [5, 5.41) is 9.00. The minimum Gasteiger partial charge on any atom is -0.481 e. The second kappa shape index (κ2) is 13.6. The number of carboxylic acid groups (broad SMARTS) is 1. The summed E-state index contributed by atoms with van der Waals surface area (Å²) in [7, 11) is 0. The number of unbranched alkanes of at least 4 members (excludes halogenated alkanes) is 1. The molecule has 3 heteroatoms. The third kappa shape index (κ3) is 8.48. The molecule has 0 aromatic rings. The van der Waals surface area contributed by atoms with E-state index in [1.54, 1.807) is 6.92 Å². The van der Waals surface area contributed by atoms with Gasteiger partial charge in [-0.3, -0.25) is 4.79 Å². The van der Waals surface area contributed by atoms with Crippen LogP contribution >= 0.6 is 0 Å². The Labute approximate surface area is 215 Å². The van der Waals surface area contributed by atoms with Crippen LogP contribution in [0.2, 0.25) is 0 Å². The predicted octanol–water partition coefficient (Wildman–Crippen LogP) is 9.35. The van der Waals surface area contributed by atoms with Crippen LogP contribution in [0, 0.1) is 11.8 Å². The first-order valence-corrected chi connectivity index (χ1v) is 14.1. The van der Waals surface area contributed by atoms with E-state index in [1.807, 2.05) is 0 Å². The van der Waals surface area contributed by atoms with Gasteiger partial charge in [0, 0.05) is 5.92 Å². The Balaban J connectivity index is 1.84. The van der Waals surface area contributed by atoms with Gasteiger partial charge < -0.3 is 9.84 Å². The number of ether oxygens (including phenoxy) is 1. The van der Waals surface area contributed by atoms with Gasteiger partial charge in [-0.05, 0) is 97.5 Å². The van der Waals surface area contributed by atoms with Gasteiger partial charge in [-0.2, -0.15) is 0 Å². The average molecular weight is 485 g/mol. The van der Waals surface area contributed by atoms with Crippen molar-refractivity contribution in [3.05, 3.63) is 46.6 Å². The number of hydrogen-bond donors (Lipinski definition) is 1. The van der Waals surface area contributed by atoms with Crippen molar-refractivity contribution >= 4 is 5.97 Å². The number of rotatable bonds is 14. The molecule has 0 spiro atoms. The van der Waals surface area contributed by atoms with Crippen LogP contribution in [0.4, 0.5) is 0 Å². The monoisotopic (exact) mass is 484 g/mol. The summed E-state index contributed by atoms with van der Waals surface area (Å²) in [5.41, 5.74) is 5.67. The van der Waals surface area contributed by atoms with E-state index in [0.29, 0.717) is 5.92 Å². The molecule has 0 radical (unpaired) electrons. The average Bonchev–Trinajstić information content (AvgIpc) is 2.80. The number of carboxylic acids is 1. The normalized spacial score (nSPS) is 28.3. The molecule has 1 N–H and O–H groups in total. The number of fused-ring (bicyclic) bond motifs is 1. The lowest BCUT2D eigenvalue weighted by Gasteiger charge is -2.53. The van der Waals surface area contributed by atoms with Crippen molar-refractivity contribution in [1.82, 2.24) is 0 Å². The first-order valence-electron chi connectivity index (χ1n) is 14.1. The number of carbonyl (C=O) groups is 1. The molecule has 1 fully saturated rings. The third-order valence-corrected chi connectivity index (χ3v) is 8.55. The molecule has 4 unspecified atom stereocenters. The molecule has 2 rings (SSSR count). The van der Waals surface area contributed by atoms with Crippen molar-refractivity contribution in [2.45, 2.75) is 137 Å². The summed E-state index contributed by atoms with van der Waals surface area (Å²) >= 11 is 0. The molecule has 0 aromatic heterocycles. The number of allylic oxidation sites excluding steroid dienone is 6. The molecule has 0 amide bonds. The Morgan fingerprint density at radius 2 is 1.80 bits per heavy atom. The largest absolute Gasteiger partial charge is 0.481 e. The van der Waals surface area contributed by atoms with Crippen LogP contribution in [0.3, 0.4) is 0 Å². The smallest absolute Gasteiger partial charge is 0.306 e. The fourth-order valence-electron chi connectivity index (χ4n) is 5.72. The van der Waals surface area contributed by atoms with Crippen LogP contribution in [0.1, 0.15) is 126 Å². The highest BCUT2D eigenvalue weighted by Crippen LogP contribution is 2.51. The molecule has 0 aromatic carbocycles. The van der Waals surface area contributed by atoms with Gasteiger partial charge in [-0.25, -0.2) is 0 Å². The Morgan fingerprint density at radius 3 is 2.43 bits per heavy atom. The molecule has 1 aliphatic heterocycles. The molecule has 1 heterocycles. The number of aliphatic carboxylic acids is 1. The molecule has 198 valence electrons. The van der Waals surface area contributed by atoms with Gasteiger partial charge in [0.05, 0.1) is 17.1 Å². The molecule has 4 atom stereocenters. The zero-order valence-electron chi connectivity index (χ0n) is 23.7. The van der Waals surface area contributed by atoms with Crippen LogP contribution in [-0.4, -0.2) is 22.3 Å². The Kier molecular flexibility index (Phi) is 11.5. The van der Waals surface area contributed by atoms with Gasteiger partial charge in [0.25, 0.3) is 0 Å². The lowest BCUT2D eigenvalue weighted by Crippen LogP contribution is -2.53. The summed E-state index contributed by atoms with van der Waals surface area (Å²) in [6.07, 6.45) is 22.3. The van der Waals surface area contributed by atoms with Crippen LogP contribution in [-0.2, 0) is 9.53 Å². The molecular formula is C32H52O3. The van der Waals surface area contributed by atoms with Crippen molar-refractivity contribution in [1.29, 1.82) is 0 Å². The van der Waals surface area contributed by atoms with E-state index in [2.05, 4.69) is 65.8 Å². The van der Waals surface area contributed by atoms with Crippen LogP contribution in [0.15, 0.2) is 46.6 Å². The Hall–Kier alpha value is -1.61. The first-order chi connectivity index (χ1) is 16.5. The van der Waals surface area contributed by atoms with E-state index >= 15 is 0 Å². The van der Waals surface area contributed by atoms with Gasteiger partial charge >= 0.3 is 5.97 Å². The van der Waals surface area contributed by atoms with Crippen molar-refractivity contribution in [2.24, 2.45) is 11.8 Å². The molecule has 1 saturated heterocycles. The summed E-state index contributed by atoms with van der Waals surface area (Å²) < 4.78 is 7.13. The van der Waals surface area contributed by atoms with Crippen LogP contribution in [0.25, 0.3) is 0 Å². The third-order valence-electron chi connectivity index (χ3n) is 8.55. The SMILES string of the molecule is CCCCC12OC(C)(CC/C=C(\C)CCC/C(C)=C/CCC(C)C(=O)O)CCC1=CC=C(C)C2C. The molecule has 35 heavy (non-hydrogen) atoms. The van der Waals surface area contributed by atoms with Crippen LogP contribution < -0.4 is 0 Å². The van der Waals surface area contributed by atoms with E-state index in [9.17, 15) is 4.79 Å². The Bertz CT molecular complexity index is 830. The molecular weight excluding hydrogens is 432 g/mol. The fourth-order valence-corrected chi connectivity index (χ4v) is 5.72. The predicted molar refractivity (Wildman–Crippen MR) is 149 cm³/mol. The van der Waals surface area contributed by atoms with Crippen molar-refractivity contribution in [2.75, 3.05) is 0 Å². The van der Waals surface area contributed by atoms with E-state index in [1.165, 1.54) is 35.1 Å². The maximum atomic E-state index is 10.9. The van der Waals surface area contributed by atoms with E-state index < -0.39 is 5.97 Å². The summed E-state index contributed by atoms with van der Waals surface area (Å²) in [4.78, 5) is 10.9. The molecule has 3 nitrogen and oxygen atoms in total. The second-order valence-electron chi connectivity index (χ2n) is 11.7. The van der Waals surface area contributed by atoms with Gasteiger partial charge in [0.1, 0.15) is 0 Å². The van der Waals surface area contributed by atoms with Gasteiger partial charge in [-0.1, -0.05) is 74.6 Å². The second-order valence-corrected chi connectivity index (χ2v) is 11.7. The van der Waals surface area contributed by atoms with E-state index in [0.717, 1.165) is 64.2 Å². The van der Waals surface area contributed by atoms with Crippen molar-refractivity contribution in [3.8, 4) is 0 Å². The summed E-state index contributed by atoms with van der Waals surface area (Å²) in [6.45, 7) is 15.5. The van der Waals surface area contributed by atoms with Crippen molar-refractivity contribution in [3.63, 3.8) is 0 Å². The Morgan fingerprint density at radius 1 is 1.14 bits per heavy atom. The summed E-state index contributed by atoms with van der Waals surface area (Å²) in [6, 6.07) is 0. The van der Waals surface area contributed by atoms with Crippen LogP contribution in [0.5, 0.6) is 0 Å². The van der Waals surface area contributed by atoms with Gasteiger partial charge in [0.15, 0.2) is 0 Å². The summed E-state index contributed by atoms with van der Waals surface area (Å²) in [5.74, 6) is -0.502. The highest BCUT2D eigenvalue weighted by atomic mass is 16.5. The maximum absolute atomic E-state index is 10.9. The zero-order valence-corrected chi connectivity index (χ0v) is 23.7. The standard InChI is InChI=1S/C32H52O3/c1-8-9-22-32-28(6)26(4)18-19-29(32)20-23-31(7,35-32)21-12-16-25(3)14-10-13-24(2)15-11-17-27(5)30(33)34/h15-16,18-19,27-28H,8-14,17,20-23H2,1-7H3,(H,33,34)/b24-15+,25-16+. The number of hydrogen-bond acceptors (Lipinski definition) is 2. The highest BCUT2D eigenvalue weighted by molar-refractivity contribution is 5.69. The topological polar surface area (TPSA) is 46.5 Å². The maximum Gasteiger partial charge on any atom is 0.306 e. The van der Waals surface area contributed by atoms with Crippen molar-refractivity contribution < 1.29 is 14.6 Å². The zero-order chi connectivity index (χ0) is 26.1. The lowest BCUT2D eigenvalue weighted by molar-refractivity contribution is -0.177. The lowest BCUT2D eigenvalue weighted by atomic mass is 9.67. The molecule has 0 saturated carbocycles. The van der Waals surface area contributed by atoms with Gasteiger partial charge in [0.2, 0.25) is 0 Å². The minimum absolute atomic E-state index is 0.0554. The molecule has 0 bridgehead atoms. The highest BCUT2D eigenvalue weighted by Gasteiger charge is 2.49.